The molecule has 0 aromatic heterocycles. The van der Waals surface area contributed by atoms with Crippen LogP contribution in [0, 0.1) is 23.7 Å². The summed E-state index contributed by atoms with van der Waals surface area (Å²) in [5, 5.41) is 5.74. The van der Waals surface area contributed by atoms with Gasteiger partial charge in [0.1, 0.15) is 6.04 Å². The third-order valence-corrected chi connectivity index (χ3v) is 6.04. The predicted molar refractivity (Wildman–Crippen MR) is 122 cm³/mol. The molecule has 2 aliphatic rings. The highest BCUT2D eigenvalue weighted by Gasteiger charge is 2.51. The van der Waals surface area contributed by atoms with Gasteiger partial charge in [0.15, 0.2) is 0 Å². The zero-order chi connectivity index (χ0) is 23.4. The molecule has 1 aromatic rings. The van der Waals surface area contributed by atoms with Gasteiger partial charge in [0.05, 0.1) is 11.8 Å². The molecule has 172 valence electrons. The number of allylic oxidation sites excluding steroid dienone is 2. The summed E-state index contributed by atoms with van der Waals surface area (Å²) in [4.78, 5) is 52.3. The van der Waals surface area contributed by atoms with Crippen molar-refractivity contribution in [3.05, 3.63) is 42.0 Å². The van der Waals surface area contributed by atoms with Crippen LogP contribution in [0.25, 0.3) is 0 Å². The number of imide groups is 1. The van der Waals surface area contributed by atoms with Gasteiger partial charge in [0.25, 0.3) is 0 Å². The number of hydrogen-bond donors (Lipinski definition) is 2. The zero-order valence-electron chi connectivity index (χ0n) is 19.3. The third kappa shape index (κ3) is 5.26. The molecule has 1 aliphatic carbocycles. The van der Waals surface area contributed by atoms with E-state index in [-0.39, 0.29) is 53.8 Å². The lowest BCUT2D eigenvalue weighted by Gasteiger charge is -2.27. The number of hydrogen-bond acceptors (Lipinski definition) is 4. The Kier molecular flexibility index (Phi) is 7.48. The van der Waals surface area contributed by atoms with Crippen LogP contribution in [-0.4, -0.2) is 34.6 Å². The summed E-state index contributed by atoms with van der Waals surface area (Å²) in [6, 6.07) is 6.46. The topological polar surface area (TPSA) is 95.6 Å². The van der Waals surface area contributed by atoms with Crippen LogP contribution in [-0.2, 0) is 25.7 Å². The van der Waals surface area contributed by atoms with E-state index in [0.717, 1.165) is 5.56 Å². The van der Waals surface area contributed by atoms with Gasteiger partial charge < -0.3 is 10.6 Å². The molecule has 3 rings (SSSR count). The van der Waals surface area contributed by atoms with Crippen molar-refractivity contribution in [2.24, 2.45) is 23.7 Å². The number of carbonyl (C=O) groups excluding carboxylic acids is 4. The Balaban J connectivity index is 1.70. The van der Waals surface area contributed by atoms with Crippen LogP contribution in [0.15, 0.2) is 36.4 Å². The van der Waals surface area contributed by atoms with E-state index in [1.165, 1.54) is 4.90 Å². The molecule has 1 fully saturated rings. The molecule has 2 N–H and O–H groups in total. The summed E-state index contributed by atoms with van der Waals surface area (Å²) in [7, 11) is 0. The molecule has 0 unspecified atom stereocenters. The molecule has 1 heterocycles. The van der Waals surface area contributed by atoms with Crippen LogP contribution >= 0.6 is 0 Å². The molecule has 1 aliphatic heterocycles. The van der Waals surface area contributed by atoms with Gasteiger partial charge in [0.2, 0.25) is 23.6 Å². The molecule has 1 aromatic carbocycles. The average molecular weight is 440 g/mol. The lowest BCUT2D eigenvalue weighted by molar-refractivity contribution is -0.148. The summed E-state index contributed by atoms with van der Waals surface area (Å²) in [5.41, 5.74) is 1.48. The van der Waals surface area contributed by atoms with E-state index >= 15 is 0 Å². The van der Waals surface area contributed by atoms with Crippen LogP contribution in [0.4, 0.5) is 5.69 Å². The van der Waals surface area contributed by atoms with Gasteiger partial charge in [-0.2, -0.15) is 0 Å². The molecule has 0 saturated carbocycles. The minimum absolute atomic E-state index is 0.0785. The lowest BCUT2D eigenvalue weighted by Crippen LogP contribution is -2.50. The summed E-state index contributed by atoms with van der Waals surface area (Å²) >= 11 is 0. The van der Waals surface area contributed by atoms with Crippen molar-refractivity contribution >= 4 is 29.3 Å². The number of rotatable bonds is 8. The minimum Gasteiger partial charge on any atom is -0.350 e. The van der Waals surface area contributed by atoms with Crippen molar-refractivity contribution in [3.63, 3.8) is 0 Å². The fourth-order valence-electron chi connectivity index (χ4n) is 4.26. The third-order valence-electron chi connectivity index (χ3n) is 6.04. The summed E-state index contributed by atoms with van der Waals surface area (Å²) in [6.07, 6.45) is 5.41. The van der Waals surface area contributed by atoms with Crippen molar-refractivity contribution in [2.75, 3.05) is 5.32 Å². The predicted octanol–water partition coefficient (Wildman–Crippen LogP) is 3.26. The van der Waals surface area contributed by atoms with Crippen LogP contribution in [0.5, 0.6) is 0 Å². The summed E-state index contributed by atoms with van der Waals surface area (Å²) in [6.45, 7) is 7.83. The molecule has 7 heteroatoms. The van der Waals surface area contributed by atoms with E-state index in [9.17, 15) is 19.2 Å². The number of amides is 4. The second-order valence-corrected chi connectivity index (χ2v) is 9.41. The van der Waals surface area contributed by atoms with Gasteiger partial charge in [-0.1, -0.05) is 52.0 Å². The van der Waals surface area contributed by atoms with Gasteiger partial charge in [-0.15, -0.1) is 0 Å². The van der Waals surface area contributed by atoms with Gasteiger partial charge in [-0.25, -0.2) is 0 Å². The quantitative estimate of drug-likeness (QED) is 0.480. The molecule has 3 atom stereocenters. The largest absolute Gasteiger partial charge is 0.350 e. The Labute approximate surface area is 189 Å². The molecule has 7 nitrogen and oxygen atoms in total. The average Bonchev–Trinajstić information content (AvgIpc) is 3.01. The Morgan fingerprint density at radius 1 is 1.00 bits per heavy atom. The monoisotopic (exact) mass is 439 g/mol. The standard InChI is InChI=1S/C25H33N3O4/c1-15(2)12-21(28-24(31)19-10-5-6-11-20(19)25(28)32)23(30)26-14-17-8-7-9-18(13-17)27-22(29)16(3)4/h5-9,13,15-16,19-21H,10-12,14H2,1-4H3,(H,26,30)(H,27,29)/t19-,20-,21+/m0/s1. The number of anilines is 1. The van der Waals surface area contributed by atoms with Gasteiger partial charge in [-0.3, -0.25) is 24.1 Å². The maximum absolute atomic E-state index is 13.1. The molecule has 4 amide bonds. The van der Waals surface area contributed by atoms with Gasteiger partial charge in [-0.05, 0) is 42.9 Å². The smallest absolute Gasteiger partial charge is 0.243 e. The Hall–Kier alpha value is -2.96. The number of fused-ring (bicyclic) bond motifs is 1. The number of carbonyl (C=O) groups is 4. The highest BCUT2D eigenvalue weighted by atomic mass is 16.2. The van der Waals surface area contributed by atoms with Crippen LogP contribution in [0.2, 0.25) is 0 Å². The van der Waals surface area contributed by atoms with Crippen LogP contribution < -0.4 is 10.6 Å². The number of nitrogens with one attached hydrogen (secondary N) is 2. The number of likely N-dealkylation sites (tertiary alicyclic amines) is 1. The molecular weight excluding hydrogens is 406 g/mol. The first-order valence-corrected chi connectivity index (χ1v) is 11.4. The van der Waals surface area contributed by atoms with Crippen molar-refractivity contribution in [2.45, 2.75) is 59.5 Å². The SMILES string of the molecule is CC(C)C[C@H](C(=O)NCc1cccc(NC(=O)C(C)C)c1)N1C(=O)[C@H]2CC=CC[C@@H]2C1=O. The van der Waals surface area contributed by atoms with Gasteiger partial charge in [0, 0.05) is 18.2 Å². The molecule has 1 saturated heterocycles. The Bertz CT molecular complexity index is 896. The first-order chi connectivity index (χ1) is 15.2. The van der Waals surface area contributed by atoms with Crippen molar-refractivity contribution < 1.29 is 19.2 Å². The van der Waals surface area contributed by atoms with Crippen molar-refractivity contribution in [1.82, 2.24) is 10.2 Å². The maximum Gasteiger partial charge on any atom is 0.243 e. The fourth-order valence-corrected chi connectivity index (χ4v) is 4.26. The van der Waals surface area contributed by atoms with Crippen molar-refractivity contribution in [3.8, 4) is 0 Å². The van der Waals surface area contributed by atoms with E-state index in [4.69, 9.17) is 0 Å². The van der Waals surface area contributed by atoms with Crippen LogP contribution in [0.1, 0.15) is 52.5 Å². The first-order valence-electron chi connectivity index (χ1n) is 11.4. The summed E-state index contributed by atoms with van der Waals surface area (Å²) < 4.78 is 0. The van der Waals surface area contributed by atoms with E-state index in [0.29, 0.717) is 24.9 Å². The van der Waals surface area contributed by atoms with Crippen LogP contribution in [0.3, 0.4) is 0 Å². The van der Waals surface area contributed by atoms with E-state index in [2.05, 4.69) is 10.6 Å². The Morgan fingerprint density at radius 3 is 2.19 bits per heavy atom. The van der Waals surface area contributed by atoms with E-state index < -0.39 is 6.04 Å². The lowest BCUT2D eigenvalue weighted by atomic mass is 9.85. The number of nitrogens with zero attached hydrogens (tertiary/aromatic N) is 1. The minimum atomic E-state index is -0.815. The highest BCUT2D eigenvalue weighted by Crippen LogP contribution is 2.37. The van der Waals surface area contributed by atoms with E-state index in [1.54, 1.807) is 6.07 Å². The second-order valence-electron chi connectivity index (χ2n) is 9.41. The zero-order valence-corrected chi connectivity index (χ0v) is 19.3. The fraction of sp³-hybridized carbons (Fsp3) is 0.520. The molecular formula is C25H33N3O4. The van der Waals surface area contributed by atoms with Gasteiger partial charge >= 0.3 is 0 Å². The normalized spacial score (nSPS) is 21.1. The van der Waals surface area contributed by atoms with Crippen molar-refractivity contribution in [1.29, 1.82) is 0 Å². The van der Waals surface area contributed by atoms with E-state index in [1.807, 2.05) is 58.0 Å². The summed E-state index contributed by atoms with van der Waals surface area (Å²) in [5.74, 6) is -1.57. The molecule has 0 spiro atoms. The number of benzene rings is 1. The molecule has 32 heavy (non-hydrogen) atoms. The molecule has 0 bridgehead atoms. The Morgan fingerprint density at radius 2 is 1.62 bits per heavy atom. The second kappa shape index (κ2) is 10.1. The highest BCUT2D eigenvalue weighted by molar-refractivity contribution is 6.08. The first kappa shape index (κ1) is 23.7. The molecule has 0 radical (unpaired) electrons. The maximum atomic E-state index is 13.1.